The number of benzene rings is 2. The second-order valence-electron chi connectivity index (χ2n) is 8.64. The first-order valence-corrected chi connectivity index (χ1v) is 11.1. The number of carbonyl (C=O) groups is 2. The molecule has 0 aromatic heterocycles. The molecule has 3 aliphatic rings. The molecular weight excluding hydrogens is 411 g/mol. The number of nitrogens with one attached hydrogen (secondary N) is 1. The maximum atomic E-state index is 13.5. The Bertz CT molecular complexity index is 965. The Morgan fingerprint density at radius 3 is 2.47 bits per heavy atom. The van der Waals surface area contributed by atoms with Gasteiger partial charge in [-0.1, -0.05) is 30.3 Å². The number of rotatable bonds is 4. The Morgan fingerprint density at radius 2 is 1.75 bits per heavy atom. The van der Waals surface area contributed by atoms with Gasteiger partial charge in [-0.25, -0.2) is 14.8 Å². The molecule has 2 aromatic carbocycles. The molecular formula is C24H27FN4O3. The van der Waals surface area contributed by atoms with Gasteiger partial charge in [-0.3, -0.25) is 14.5 Å². The average molecular weight is 439 g/mol. The van der Waals surface area contributed by atoms with Gasteiger partial charge in [-0.15, -0.1) is 0 Å². The van der Waals surface area contributed by atoms with E-state index in [2.05, 4.69) is 10.3 Å². The third-order valence-corrected chi connectivity index (χ3v) is 6.57. The summed E-state index contributed by atoms with van der Waals surface area (Å²) < 4.78 is 18.8. The number of halogens is 1. The van der Waals surface area contributed by atoms with E-state index < -0.39 is 0 Å². The third-order valence-electron chi connectivity index (χ3n) is 6.57. The van der Waals surface area contributed by atoms with Crippen molar-refractivity contribution in [3.05, 3.63) is 66.0 Å². The highest BCUT2D eigenvalue weighted by Crippen LogP contribution is 2.33. The summed E-state index contributed by atoms with van der Waals surface area (Å²) in [5, 5.41) is 1.59. The quantitative estimate of drug-likeness (QED) is 0.787. The van der Waals surface area contributed by atoms with Gasteiger partial charge in [0.2, 0.25) is 11.8 Å². The van der Waals surface area contributed by atoms with Gasteiger partial charge in [-0.05, 0) is 29.8 Å². The molecule has 0 spiro atoms. The van der Waals surface area contributed by atoms with E-state index in [1.54, 1.807) is 17.1 Å². The van der Waals surface area contributed by atoms with Gasteiger partial charge in [0.1, 0.15) is 5.82 Å². The van der Waals surface area contributed by atoms with Crippen molar-refractivity contribution in [1.82, 2.24) is 15.2 Å². The summed E-state index contributed by atoms with van der Waals surface area (Å²) in [7, 11) is 0. The summed E-state index contributed by atoms with van der Waals surface area (Å²) >= 11 is 0. The number of fused-ring (bicyclic) bond motifs is 1. The van der Waals surface area contributed by atoms with Gasteiger partial charge in [0.25, 0.3) is 0 Å². The van der Waals surface area contributed by atoms with E-state index in [1.165, 1.54) is 12.1 Å². The summed E-state index contributed by atoms with van der Waals surface area (Å²) in [5.74, 6) is -0.932. The lowest BCUT2D eigenvalue weighted by Crippen LogP contribution is -2.58. The van der Waals surface area contributed by atoms with Gasteiger partial charge in [0.05, 0.1) is 36.8 Å². The summed E-state index contributed by atoms with van der Waals surface area (Å²) in [6.07, 6.45) is 0. The minimum Gasteiger partial charge on any atom is -0.378 e. The number of para-hydroxylation sites is 1. The maximum absolute atomic E-state index is 13.5. The van der Waals surface area contributed by atoms with Crippen LogP contribution in [0.25, 0.3) is 0 Å². The van der Waals surface area contributed by atoms with Crippen LogP contribution in [0.1, 0.15) is 5.56 Å². The van der Waals surface area contributed by atoms with E-state index in [0.717, 1.165) is 11.3 Å². The van der Waals surface area contributed by atoms with Gasteiger partial charge in [0.15, 0.2) is 0 Å². The molecule has 5 rings (SSSR count). The van der Waals surface area contributed by atoms with Gasteiger partial charge in [0, 0.05) is 32.7 Å². The SMILES string of the molecule is O=C(C1CN(Cc2ccc(F)cc2)CC2C(=O)N(c3ccccc3)NC12)N1CCOCC1. The minimum atomic E-state index is -0.357. The molecule has 7 nitrogen and oxygen atoms in total. The Hall–Kier alpha value is -2.81. The van der Waals surface area contributed by atoms with Crippen molar-refractivity contribution in [3.63, 3.8) is 0 Å². The highest BCUT2D eigenvalue weighted by atomic mass is 19.1. The number of amides is 2. The molecule has 3 saturated heterocycles. The van der Waals surface area contributed by atoms with Crippen LogP contribution in [-0.2, 0) is 20.9 Å². The number of nitrogens with zero attached hydrogens (tertiary/aromatic N) is 3. The number of ether oxygens (including phenoxy) is 1. The van der Waals surface area contributed by atoms with Crippen LogP contribution in [0.2, 0.25) is 0 Å². The molecule has 0 radical (unpaired) electrons. The van der Waals surface area contributed by atoms with E-state index in [-0.39, 0.29) is 35.5 Å². The van der Waals surface area contributed by atoms with Crippen molar-refractivity contribution in [3.8, 4) is 0 Å². The largest absolute Gasteiger partial charge is 0.378 e. The molecule has 2 aromatic rings. The number of hydrogen-bond donors (Lipinski definition) is 1. The number of carbonyl (C=O) groups excluding carboxylic acids is 2. The van der Waals surface area contributed by atoms with Gasteiger partial charge < -0.3 is 9.64 Å². The van der Waals surface area contributed by atoms with Crippen LogP contribution >= 0.6 is 0 Å². The summed E-state index contributed by atoms with van der Waals surface area (Å²) in [5.41, 5.74) is 5.08. The number of morpholine rings is 1. The molecule has 3 unspecified atom stereocenters. The number of anilines is 1. The second-order valence-corrected chi connectivity index (χ2v) is 8.64. The molecule has 3 heterocycles. The van der Waals surface area contributed by atoms with Gasteiger partial charge in [-0.2, -0.15) is 0 Å². The van der Waals surface area contributed by atoms with Crippen LogP contribution in [0, 0.1) is 17.7 Å². The molecule has 3 atom stereocenters. The summed E-state index contributed by atoms with van der Waals surface area (Å²) in [6, 6.07) is 15.6. The fourth-order valence-electron chi connectivity index (χ4n) is 4.93. The highest BCUT2D eigenvalue weighted by Gasteiger charge is 2.51. The first kappa shape index (κ1) is 21.1. The Morgan fingerprint density at radius 1 is 1.03 bits per heavy atom. The van der Waals surface area contributed by atoms with Crippen LogP contribution in [0.3, 0.4) is 0 Å². The minimum absolute atomic E-state index is 0.0233. The van der Waals surface area contributed by atoms with E-state index >= 15 is 0 Å². The van der Waals surface area contributed by atoms with Crippen LogP contribution in [0.4, 0.5) is 10.1 Å². The van der Waals surface area contributed by atoms with E-state index in [4.69, 9.17) is 4.74 Å². The second kappa shape index (κ2) is 8.97. The zero-order chi connectivity index (χ0) is 22.1. The average Bonchev–Trinajstić information content (AvgIpc) is 3.17. The summed E-state index contributed by atoms with van der Waals surface area (Å²) in [4.78, 5) is 30.9. The van der Waals surface area contributed by atoms with Crippen molar-refractivity contribution < 1.29 is 18.7 Å². The number of likely N-dealkylation sites (tertiary alicyclic amines) is 1. The Balaban J connectivity index is 1.41. The smallest absolute Gasteiger partial charge is 0.247 e. The number of hydrogen-bond acceptors (Lipinski definition) is 5. The molecule has 0 saturated carbocycles. The molecule has 0 bridgehead atoms. The van der Waals surface area contributed by atoms with Crippen molar-refractivity contribution in [2.45, 2.75) is 12.6 Å². The Kier molecular flexibility index (Phi) is 5.91. The van der Waals surface area contributed by atoms with Crippen molar-refractivity contribution in [2.75, 3.05) is 44.4 Å². The fourth-order valence-corrected chi connectivity index (χ4v) is 4.93. The molecule has 168 valence electrons. The molecule has 2 amide bonds. The number of hydrazine groups is 1. The zero-order valence-electron chi connectivity index (χ0n) is 17.8. The zero-order valence-corrected chi connectivity index (χ0v) is 17.8. The van der Waals surface area contributed by atoms with Crippen LogP contribution in [-0.4, -0.2) is 67.0 Å². The standard InChI is InChI=1S/C24H27FN4O3/c25-18-8-6-17(7-9-18)14-27-15-20(23(30)28-10-12-32-13-11-28)22-21(16-27)24(31)29(26-22)19-4-2-1-3-5-19/h1-9,20-22,26H,10-16H2. The van der Waals surface area contributed by atoms with E-state index in [0.29, 0.717) is 45.9 Å². The fraction of sp³-hybridized carbons (Fsp3) is 0.417. The van der Waals surface area contributed by atoms with Crippen LogP contribution in [0.15, 0.2) is 54.6 Å². The topological polar surface area (TPSA) is 65.1 Å². The molecule has 3 fully saturated rings. The first-order chi connectivity index (χ1) is 15.6. The van der Waals surface area contributed by atoms with Crippen molar-refractivity contribution in [1.29, 1.82) is 0 Å². The number of piperidine rings is 1. The molecule has 1 N–H and O–H groups in total. The lowest BCUT2D eigenvalue weighted by atomic mass is 9.83. The monoisotopic (exact) mass is 438 g/mol. The lowest BCUT2D eigenvalue weighted by Gasteiger charge is -2.41. The normalized spacial score (nSPS) is 26.3. The Labute approximate surface area is 186 Å². The third kappa shape index (κ3) is 4.13. The predicted octanol–water partition coefficient (Wildman–Crippen LogP) is 1.65. The van der Waals surface area contributed by atoms with E-state index in [9.17, 15) is 14.0 Å². The maximum Gasteiger partial charge on any atom is 0.247 e. The van der Waals surface area contributed by atoms with Crippen LogP contribution in [0.5, 0.6) is 0 Å². The van der Waals surface area contributed by atoms with Gasteiger partial charge >= 0.3 is 0 Å². The molecule has 0 aliphatic carbocycles. The van der Waals surface area contributed by atoms with Crippen molar-refractivity contribution in [2.24, 2.45) is 11.8 Å². The first-order valence-electron chi connectivity index (χ1n) is 11.1. The summed E-state index contributed by atoms with van der Waals surface area (Å²) in [6.45, 7) is 3.86. The molecule has 32 heavy (non-hydrogen) atoms. The van der Waals surface area contributed by atoms with Crippen molar-refractivity contribution >= 4 is 17.5 Å². The molecule has 3 aliphatic heterocycles. The van der Waals surface area contributed by atoms with E-state index in [1.807, 2.05) is 35.2 Å². The predicted molar refractivity (Wildman–Crippen MR) is 117 cm³/mol. The van der Waals surface area contributed by atoms with Crippen LogP contribution < -0.4 is 10.4 Å². The lowest BCUT2D eigenvalue weighted by molar-refractivity contribution is -0.143. The molecule has 8 heteroatoms. The highest BCUT2D eigenvalue weighted by molar-refractivity contribution is 5.98.